The molecule has 28 heavy (non-hydrogen) atoms. The number of amides is 2. The predicted molar refractivity (Wildman–Crippen MR) is 101 cm³/mol. The average Bonchev–Trinajstić information content (AvgIpc) is 3.02. The van der Waals surface area contributed by atoms with E-state index in [0.29, 0.717) is 18.5 Å². The molecule has 1 fully saturated rings. The number of hydrogen-bond donors (Lipinski definition) is 2. The van der Waals surface area contributed by atoms with Gasteiger partial charge in [0.2, 0.25) is 10.0 Å². The van der Waals surface area contributed by atoms with Gasteiger partial charge in [0.15, 0.2) is 0 Å². The van der Waals surface area contributed by atoms with Crippen molar-refractivity contribution in [1.82, 2.24) is 4.90 Å². The first-order valence-corrected chi connectivity index (χ1v) is 10.2. The monoisotopic (exact) mass is 405 g/mol. The van der Waals surface area contributed by atoms with Crippen LogP contribution in [0, 0.1) is 11.7 Å². The fourth-order valence-electron chi connectivity index (χ4n) is 3.34. The molecule has 2 aromatic rings. The maximum Gasteiger partial charge on any atom is 0.313 e. The second-order valence-electron chi connectivity index (χ2n) is 6.89. The number of halogens is 1. The van der Waals surface area contributed by atoms with E-state index in [0.717, 1.165) is 0 Å². The van der Waals surface area contributed by atoms with Gasteiger partial charge in [0.05, 0.1) is 10.9 Å². The number of benzene rings is 2. The number of nitrogens with zero attached hydrogens (tertiary/aromatic N) is 1. The van der Waals surface area contributed by atoms with Crippen molar-refractivity contribution in [3.63, 3.8) is 0 Å². The van der Waals surface area contributed by atoms with Crippen LogP contribution in [-0.2, 0) is 19.6 Å². The molecule has 2 unspecified atom stereocenters. The molecule has 1 aliphatic heterocycles. The van der Waals surface area contributed by atoms with Crippen LogP contribution in [-0.4, -0.2) is 31.7 Å². The maximum absolute atomic E-state index is 13.6. The van der Waals surface area contributed by atoms with E-state index in [4.69, 9.17) is 5.14 Å². The normalized spacial score (nSPS) is 19.5. The molecule has 0 spiro atoms. The van der Waals surface area contributed by atoms with Gasteiger partial charge in [-0.25, -0.2) is 17.9 Å². The van der Waals surface area contributed by atoms with E-state index in [-0.39, 0.29) is 22.5 Å². The molecule has 0 aliphatic carbocycles. The van der Waals surface area contributed by atoms with Gasteiger partial charge < -0.3 is 10.2 Å². The summed E-state index contributed by atoms with van der Waals surface area (Å²) in [5.41, 5.74) is 0.906. The van der Waals surface area contributed by atoms with Crippen molar-refractivity contribution in [2.75, 3.05) is 11.9 Å². The highest BCUT2D eigenvalue weighted by Crippen LogP contribution is 2.35. The lowest BCUT2D eigenvalue weighted by Gasteiger charge is -2.24. The van der Waals surface area contributed by atoms with Crippen molar-refractivity contribution in [2.24, 2.45) is 11.1 Å². The van der Waals surface area contributed by atoms with E-state index in [1.165, 1.54) is 41.3 Å². The molecular weight excluding hydrogens is 385 g/mol. The molecule has 1 heterocycles. The second kappa shape index (κ2) is 7.69. The summed E-state index contributed by atoms with van der Waals surface area (Å²) in [6.07, 6.45) is 0.630. The molecule has 7 nitrogen and oxygen atoms in total. The summed E-state index contributed by atoms with van der Waals surface area (Å²) in [5.74, 6) is -1.81. The highest BCUT2D eigenvalue weighted by atomic mass is 32.2. The van der Waals surface area contributed by atoms with Gasteiger partial charge in [-0.05, 0) is 54.3 Å². The van der Waals surface area contributed by atoms with Gasteiger partial charge in [0.1, 0.15) is 5.82 Å². The summed E-state index contributed by atoms with van der Waals surface area (Å²) in [6.45, 7) is 2.35. The lowest BCUT2D eigenvalue weighted by molar-refractivity contribution is -0.143. The van der Waals surface area contributed by atoms with Gasteiger partial charge in [0, 0.05) is 12.2 Å². The summed E-state index contributed by atoms with van der Waals surface area (Å²) in [6, 6.07) is 10.8. The highest BCUT2D eigenvalue weighted by Gasteiger charge is 2.37. The number of carbonyl (C=O) groups is 2. The number of likely N-dealkylation sites (tertiary alicyclic amines) is 1. The molecule has 2 amide bonds. The van der Waals surface area contributed by atoms with Crippen LogP contribution in [0.2, 0.25) is 0 Å². The molecule has 0 radical (unpaired) electrons. The first-order valence-electron chi connectivity index (χ1n) is 8.65. The summed E-state index contributed by atoms with van der Waals surface area (Å²) in [5, 5.41) is 7.49. The second-order valence-corrected chi connectivity index (χ2v) is 8.45. The van der Waals surface area contributed by atoms with Crippen LogP contribution in [0.5, 0.6) is 0 Å². The number of nitrogens with one attached hydrogen (secondary N) is 1. The fraction of sp³-hybridized carbons (Fsp3) is 0.263. The van der Waals surface area contributed by atoms with Gasteiger partial charge in [-0.15, -0.1) is 0 Å². The van der Waals surface area contributed by atoms with Gasteiger partial charge >= 0.3 is 11.8 Å². The quantitative estimate of drug-likeness (QED) is 0.761. The Bertz CT molecular complexity index is 1010. The SMILES string of the molecule is CC1CC(c2cccc(F)c2)N(C(=O)C(=O)Nc2ccc(S(N)(=O)=O)cc2)C1. The summed E-state index contributed by atoms with van der Waals surface area (Å²) < 4.78 is 36.1. The first kappa shape index (κ1) is 20.0. The van der Waals surface area contributed by atoms with E-state index in [2.05, 4.69) is 5.32 Å². The Kier molecular flexibility index (Phi) is 5.48. The maximum atomic E-state index is 13.6. The molecule has 148 valence electrons. The minimum absolute atomic E-state index is 0.101. The van der Waals surface area contributed by atoms with Gasteiger partial charge in [-0.3, -0.25) is 9.59 Å². The zero-order chi connectivity index (χ0) is 20.5. The molecule has 0 bridgehead atoms. The number of primary sulfonamides is 1. The molecule has 0 saturated carbocycles. The van der Waals surface area contributed by atoms with Crippen LogP contribution in [0.4, 0.5) is 10.1 Å². The molecule has 1 saturated heterocycles. The summed E-state index contributed by atoms with van der Waals surface area (Å²) in [7, 11) is -3.84. The van der Waals surface area contributed by atoms with Crippen LogP contribution in [0.15, 0.2) is 53.4 Å². The number of carbonyl (C=O) groups excluding carboxylic acids is 2. The van der Waals surface area contributed by atoms with Gasteiger partial charge in [0.25, 0.3) is 0 Å². The van der Waals surface area contributed by atoms with Crippen molar-refractivity contribution >= 4 is 27.5 Å². The Labute approximate surface area is 162 Å². The van der Waals surface area contributed by atoms with Crippen molar-refractivity contribution in [3.05, 3.63) is 59.9 Å². The number of nitrogens with two attached hydrogens (primary N) is 1. The smallest absolute Gasteiger partial charge is 0.313 e. The van der Waals surface area contributed by atoms with Crippen molar-refractivity contribution < 1.29 is 22.4 Å². The molecule has 2 atom stereocenters. The van der Waals surface area contributed by atoms with Gasteiger partial charge in [-0.2, -0.15) is 0 Å². The number of anilines is 1. The third-order valence-electron chi connectivity index (χ3n) is 4.64. The van der Waals surface area contributed by atoms with E-state index < -0.39 is 27.7 Å². The zero-order valence-corrected chi connectivity index (χ0v) is 15.9. The molecule has 3 rings (SSSR count). The van der Waals surface area contributed by atoms with Crippen molar-refractivity contribution in [1.29, 1.82) is 0 Å². The minimum atomic E-state index is -3.84. The van der Waals surface area contributed by atoms with Gasteiger partial charge in [-0.1, -0.05) is 19.1 Å². The fourth-order valence-corrected chi connectivity index (χ4v) is 3.86. The molecule has 2 aromatic carbocycles. The molecular formula is C19H20FN3O4S. The van der Waals surface area contributed by atoms with E-state index >= 15 is 0 Å². The molecule has 1 aliphatic rings. The summed E-state index contributed by atoms with van der Waals surface area (Å²) in [4.78, 5) is 26.4. The van der Waals surface area contributed by atoms with E-state index in [1.807, 2.05) is 6.92 Å². The molecule has 9 heteroatoms. The van der Waals surface area contributed by atoms with Crippen LogP contribution < -0.4 is 10.5 Å². The van der Waals surface area contributed by atoms with E-state index in [9.17, 15) is 22.4 Å². The Hall–Kier alpha value is -2.78. The number of hydrogen-bond acceptors (Lipinski definition) is 4. The minimum Gasteiger partial charge on any atom is -0.327 e. The topological polar surface area (TPSA) is 110 Å². The standard InChI is InChI=1S/C19H20FN3O4S/c1-12-9-17(13-3-2-4-14(20)10-13)23(11-12)19(25)18(24)22-15-5-7-16(8-6-15)28(21,26)27/h2-8,10,12,17H,9,11H2,1H3,(H,22,24)(H2,21,26,27). The Balaban J connectivity index is 1.75. The average molecular weight is 405 g/mol. The summed E-state index contributed by atoms with van der Waals surface area (Å²) >= 11 is 0. The number of sulfonamides is 1. The lowest BCUT2D eigenvalue weighted by Crippen LogP contribution is -2.39. The Morgan fingerprint density at radius 1 is 1.18 bits per heavy atom. The van der Waals surface area contributed by atoms with Crippen LogP contribution in [0.25, 0.3) is 0 Å². The number of rotatable bonds is 3. The Morgan fingerprint density at radius 2 is 1.86 bits per heavy atom. The third kappa shape index (κ3) is 4.37. The van der Waals surface area contributed by atoms with Crippen molar-refractivity contribution in [2.45, 2.75) is 24.3 Å². The Morgan fingerprint density at radius 3 is 2.46 bits per heavy atom. The lowest BCUT2D eigenvalue weighted by atomic mass is 10.0. The zero-order valence-electron chi connectivity index (χ0n) is 15.1. The predicted octanol–water partition coefficient (Wildman–Crippen LogP) is 2.02. The highest BCUT2D eigenvalue weighted by molar-refractivity contribution is 7.89. The third-order valence-corrected chi connectivity index (χ3v) is 5.57. The molecule has 3 N–H and O–H groups in total. The van der Waals surface area contributed by atoms with Crippen LogP contribution in [0.1, 0.15) is 24.9 Å². The van der Waals surface area contributed by atoms with Crippen molar-refractivity contribution in [3.8, 4) is 0 Å². The first-order chi connectivity index (χ1) is 13.1. The van der Waals surface area contributed by atoms with Crippen LogP contribution >= 0.6 is 0 Å². The van der Waals surface area contributed by atoms with E-state index in [1.54, 1.807) is 12.1 Å². The largest absolute Gasteiger partial charge is 0.327 e. The van der Waals surface area contributed by atoms with Crippen LogP contribution in [0.3, 0.4) is 0 Å². The molecule has 0 aromatic heterocycles.